The van der Waals surface area contributed by atoms with E-state index in [2.05, 4.69) is 0 Å². The SMILES string of the molecule is CCOC(=O)C[C@H]1C2=C(OCCC2)c2ccccc2N1S(=O)(=O)c1ccc(C)cc1. The lowest BCUT2D eigenvalue weighted by Crippen LogP contribution is -2.46. The molecule has 0 spiro atoms. The van der Waals surface area contributed by atoms with Crippen LogP contribution in [0.25, 0.3) is 5.76 Å². The fourth-order valence-electron chi connectivity index (χ4n) is 4.08. The molecule has 0 radical (unpaired) electrons. The molecule has 0 amide bonds. The molecule has 0 saturated carbocycles. The predicted molar refractivity (Wildman–Crippen MR) is 114 cm³/mol. The molecule has 0 bridgehead atoms. The number of hydrogen-bond acceptors (Lipinski definition) is 5. The van der Waals surface area contributed by atoms with Gasteiger partial charge in [0.05, 0.1) is 36.3 Å². The maximum atomic E-state index is 13.8. The number of carbonyl (C=O) groups is 1. The van der Waals surface area contributed by atoms with Crippen LogP contribution in [0.1, 0.15) is 37.3 Å². The van der Waals surface area contributed by atoms with Crippen LogP contribution in [0.4, 0.5) is 5.69 Å². The molecule has 158 valence electrons. The summed E-state index contributed by atoms with van der Waals surface area (Å²) >= 11 is 0. The zero-order valence-corrected chi connectivity index (χ0v) is 17.9. The number of sulfonamides is 1. The van der Waals surface area contributed by atoms with Gasteiger partial charge in [0.2, 0.25) is 0 Å². The number of nitrogens with zero attached hydrogens (tertiary/aromatic N) is 1. The molecule has 2 aromatic rings. The highest BCUT2D eigenvalue weighted by Gasteiger charge is 2.42. The molecular formula is C23H25NO5S. The third kappa shape index (κ3) is 3.58. The summed E-state index contributed by atoms with van der Waals surface area (Å²) < 4.78 is 40.1. The Morgan fingerprint density at radius 2 is 1.90 bits per heavy atom. The summed E-state index contributed by atoms with van der Waals surface area (Å²) in [5.74, 6) is 0.268. The smallest absolute Gasteiger partial charge is 0.308 e. The molecule has 2 aliphatic heterocycles. The summed E-state index contributed by atoms with van der Waals surface area (Å²) in [5, 5.41) is 0. The van der Waals surface area contributed by atoms with Gasteiger partial charge in [-0.05, 0) is 56.5 Å². The highest BCUT2D eigenvalue weighted by Crippen LogP contribution is 2.45. The summed E-state index contributed by atoms with van der Waals surface area (Å²) in [6, 6.07) is 13.4. The van der Waals surface area contributed by atoms with Crippen molar-refractivity contribution in [1.82, 2.24) is 0 Å². The average molecular weight is 428 g/mol. The molecule has 1 atom stereocenters. The number of benzene rings is 2. The molecule has 30 heavy (non-hydrogen) atoms. The van der Waals surface area contributed by atoms with Gasteiger partial charge in [0.1, 0.15) is 5.76 Å². The number of para-hydroxylation sites is 1. The Balaban J connectivity index is 1.90. The molecule has 0 aliphatic carbocycles. The number of ether oxygens (including phenoxy) is 2. The Labute approximate surface area is 177 Å². The second-order valence-corrected chi connectivity index (χ2v) is 9.28. The van der Waals surface area contributed by atoms with Crippen molar-refractivity contribution in [3.63, 3.8) is 0 Å². The van der Waals surface area contributed by atoms with Crippen LogP contribution in [-0.4, -0.2) is 33.6 Å². The van der Waals surface area contributed by atoms with Crippen LogP contribution in [0.2, 0.25) is 0 Å². The van der Waals surface area contributed by atoms with Crippen molar-refractivity contribution in [2.75, 3.05) is 17.5 Å². The molecule has 0 fully saturated rings. The first-order chi connectivity index (χ1) is 14.4. The molecule has 0 saturated heterocycles. The zero-order valence-electron chi connectivity index (χ0n) is 17.1. The van der Waals surface area contributed by atoms with Gasteiger partial charge in [0, 0.05) is 5.56 Å². The normalized spacial score (nSPS) is 18.3. The van der Waals surface area contributed by atoms with Gasteiger partial charge in [0.15, 0.2) is 0 Å². The van der Waals surface area contributed by atoms with E-state index in [4.69, 9.17) is 9.47 Å². The maximum absolute atomic E-state index is 13.8. The number of carbonyl (C=O) groups excluding carboxylic acids is 1. The van der Waals surface area contributed by atoms with Crippen molar-refractivity contribution in [1.29, 1.82) is 0 Å². The van der Waals surface area contributed by atoms with Crippen molar-refractivity contribution in [3.8, 4) is 0 Å². The topological polar surface area (TPSA) is 72.9 Å². The molecule has 4 rings (SSSR count). The Morgan fingerprint density at radius 1 is 1.17 bits per heavy atom. The fraction of sp³-hybridized carbons (Fsp3) is 0.348. The van der Waals surface area contributed by atoms with Crippen molar-refractivity contribution in [3.05, 3.63) is 65.2 Å². The van der Waals surface area contributed by atoms with E-state index >= 15 is 0 Å². The minimum atomic E-state index is -3.92. The highest BCUT2D eigenvalue weighted by atomic mass is 32.2. The van der Waals surface area contributed by atoms with Crippen LogP contribution in [0, 0.1) is 6.92 Å². The first-order valence-corrected chi connectivity index (χ1v) is 11.6. The number of esters is 1. The van der Waals surface area contributed by atoms with Gasteiger partial charge in [0.25, 0.3) is 10.0 Å². The monoisotopic (exact) mass is 427 g/mol. The third-order valence-electron chi connectivity index (χ3n) is 5.44. The molecule has 0 N–H and O–H groups in total. The van der Waals surface area contributed by atoms with Gasteiger partial charge in [-0.15, -0.1) is 0 Å². The quantitative estimate of drug-likeness (QED) is 0.673. The first kappa shape index (κ1) is 20.5. The number of anilines is 1. The van der Waals surface area contributed by atoms with E-state index in [9.17, 15) is 13.2 Å². The lowest BCUT2D eigenvalue weighted by molar-refractivity contribution is -0.143. The Bertz CT molecular complexity index is 1090. The van der Waals surface area contributed by atoms with Crippen LogP contribution in [0.3, 0.4) is 0 Å². The van der Waals surface area contributed by atoms with Crippen LogP contribution in [0.5, 0.6) is 0 Å². The maximum Gasteiger partial charge on any atom is 0.308 e. The number of aryl methyl sites for hydroxylation is 1. The molecule has 6 nitrogen and oxygen atoms in total. The van der Waals surface area contributed by atoms with Crippen LogP contribution >= 0.6 is 0 Å². The lowest BCUT2D eigenvalue weighted by atomic mass is 9.89. The van der Waals surface area contributed by atoms with Crippen LogP contribution < -0.4 is 4.31 Å². The van der Waals surface area contributed by atoms with E-state index < -0.39 is 22.0 Å². The van der Waals surface area contributed by atoms with Gasteiger partial charge in [-0.2, -0.15) is 0 Å². The second kappa shape index (κ2) is 8.14. The summed E-state index contributed by atoms with van der Waals surface area (Å²) in [5.41, 5.74) is 3.07. The van der Waals surface area contributed by atoms with Gasteiger partial charge in [-0.25, -0.2) is 8.42 Å². The lowest BCUT2D eigenvalue weighted by Gasteiger charge is -2.41. The largest absolute Gasteiger partial charge is 0.493 e. The minimum absolute atomic E-state index is 0.0601. The van der Waals surface area contributed by atoms with Gasteiger partial charge < -0.3 is 9.47 Å². The molecule has 2 aliphatic rings. The van der Waals surface area contributed by atoms with Crippen molar-refractivity contribution >= 4 is 27.4 Å². The average Bonchev–Trinajstić information content (AvgIpc) is 2.74. The van der Waals surface area contributed by atoms with Gasteiger partial charge in [-0.1, -0.05) is 29.8 Å². The Morgan fingerprint density at radius 3 is 2.63 bits per heavy atom. The summed E-state index contributed by atoms with van der Waals surface area (Å²) in [4.78, 5) is 12.6. The number of fused-ring (bicyclic) bond motifs is 2. The molecule has 2 heterocycles. The summed E-state index contributed by atoms with van der Waals surface area (Å²) in [7, 11) is -3.92. The number of rotatable bonds is 5. The van der Waals surface area contributed by atoms with E-state index in [-0.39, 0.29) is 17.9 Å². The molecule has 2 aromatic carbocycles. The zero-order chi connectivity index (χ0) is 21.3. The van der Waals surface area contributed by atoms with E-state index in [1.807, 2.05) is 19.1 Å². The van der Waals surface area contributed by atoms with E-state index in [1.54, 1.807) is 43.3 Å². The molecule has 0 unspecified atom stereocenters. The standard InChI is InChI=1S/C23H25NO5S/c1-3-28-22(25)15-21-19-8-6-14-29-23(19)18-7-4-5-9-20(18)24(21)30(26,27)17-12-10-16(2)11-13-17/h4-5,7,9-13,21H,3,6,8,14-15H2,1-2H3/t21-/m0/s1. The number of hydrogen-bond donors (Lipinski definition) is 0. The Kier molecular flexibility index (Phi) is 5.56. The van der Waals surface area contributed by atoms with E-state index in [1.165, 1.54) is 4.31 Å². The first-order valence-electron chi connectivity index (χ1n) is 10.2. The summed E-state index contributed by atoms with van der Waals surface area (Å²) in [6.45, 7) is 4.47. The Hall–Kier alpha value is -2.80. The van der Waals surface area contributed by atoms with Gasteiger partial charge >= 0.3 is 5.97 Å². The highest BCUT2D eigenvalue weighted by molar-refractivity contribution is 7.92. The summed E-state index contributed by atoms with van der Waals surface area (Å²) in [6.07, 6.45) is 1.39. The van der Waals surface area contributed by atoms with Crippen molar-refractivity contribution in [2.45, 2.75) is 44.0 Å². The third-order valence-corrected chi connectivity index (χ3v) is 7.28. The molecule has 0 aromatic heterocycles. The molecular weight excluding hydrogens is 402 g/mol. The van der Waals surface area contributed by atoms with Crippen LogP contribution in [0.15, 0.2) is 59.0 Å². The van der Waals surface area contributed by atoms with Crippen molar-refractivity contribution < 1.29 is 22.7 Å². The molecule has 7 heteroatoms. The fourth-order valence-corrected chi connectivity index (χ4v) is 5.75. The second-order valence-electron chi connectivity index (χ2n) is 7.46. The van der Waals surface area contributed by atoms with Gasteiger partial charge in [-0.3, -0.25) is 9.10 Å². The minimum Gasteiger partial charge on any atom is -0.493 e. The van der Waals surface area contributed by atoms with E-state index in [0.717, 1.165) is 23.1 Å². The van der Waals surface area contributed by atoms with Crippen molar-refractivity contribution in [2.24, 2.45) is 0 Å². The van der Waals surface area contributed by atoms with E-state index in [0.29, 0.717) is 24.5 Å². The van der Waals surface area contributed by atoms with Crippen LogP contribution in [-0.2, 0) is 24.3 Å². The predicted octanol–water partition coefficient (Wildman–Crippen LogP) is 4.05.